The van der Waals surface area contributed by atoms with E-state index in [4.69, 9.17) is 26.3 Å². The van der Waals surface area contributed by atoms with Crippen LogP contribution in [0, 0.1) is 5.82 Å². The lowest BCUT2D eigenvalue weighted by molar-refractivity contribution is 0.0208. The summed E-state index contributed by atoms with van der Waals surface area (Å²) in [7, 11) is 0. The van der Waals surface area contributed by atoms with Crippen molar-refractivity contribution in [2.45, 2.75) is 6.04 Å². The zero-order valence-corrected chi connectivity index (χ0v) is 21.6. The van der Waals surface area contributed by atoms with Crippen LogP contribution in [0.4, 0.5) is 32.3 Å². The minimum Gasteiger partial charge on any atom is -0.377 e. The van der Waals surface area contributed by atoms with Gasteiger partial charge in [0.15, 0.2) is 0 Å². The molecule has 3 N–H and O–H groups in total. The lowest BCUT2D eigenvalue weighted by Crippen LogP contribution is -2.41. The fraction of sp³-hybridized carbons (Fsp3) is 0.200. The third kappa shape index (κ3) is 4.65. The first-order chi connectivity index (χ1) is 18.0. The number of ether oxygens (including phenoxy) is 1. The summed E-state index contributed by atoms with van der Waals surface area (Å²) in [5, 5.41) is 8.87. The van der Waals surface area contributed by atoms with Gasteiger partial charge in [-0.25, -0.2) is 14.2 Å². The number of carbonyl (C=O) groups is 1. The van der Waals surface area contributed by atoms with Crippen LogP contribution >= 0.6 is 27.5 Å². The quantitative estimate of drug-likeness (QED) is 0.378. The summed E-state index contributed by atoms with van der Waals surface area (Å²) in [4.78, 5) is 28.5. The molecule has 0 atom stereocenters. The zero-order chi connectivity index (χ0) is 25.5. The third-order valence-electron chi connectivity index (χ3n) is 6.12. The maximum Gasteiger partial charge on any atom is 0.323 e. The first kappa shape index (κ1) is 23.8. The molecule has 0 spiro atoms. The molecule has 37 heavy (non-hydrogen) atoms. The van der Waals surface area contributed by atoms with Crippen molar-refractivity contribution < 1.29 is 13.9 Å². The Kier molecular flexibility index (Phi) is 6.27. The van der Waals surface area contributed by atoms with E-state index in [1.807, 2.05) is 11.0 Å². The Balaban J connectivity index is 1.32. The largest absolute Gasteiger partial charge is 0.377 e. The Hall–Kier alpha value is -3.54. The molecule has 4 heterocycles. The number of para-hydroxylation sites is 1. The van der Waals surface area contributed by atoms with E-state index in [2.05, 4.69) is 36.9 Å². The van der Waals surface area contributed by atoms with E-state index < -0.39 is 11.8 Å². The van der Waals surface area contributed by atoms with Crippen molar-refractivity contribution in [3.05, 3.63) is 69.0 Å². The van der Waals surface area contributed by atoms with Gasteiger partial charge < -0.3 is 25.6 Å². The number of hydrogen-bond acceptors (Lipinski definition) is 7. The number of rotatable bonds is 5. The number of urea groups is 1. The molecule has 6 rings (SSSR count). The first-order valence-electron chi connectivity index (χ1n) is 11.5. The summed E-state index contributed by atoms with van der Waals surface area (Å²) in [5.74, 6) is 1.43. The summed E-state index contributed by atoms with van der Waals surface area (Å²) < 4.78 is 20.6. The predicted octanol–water partition coefficient (Wildman–Crippen LogP) is 5.26. The average molecular weight is 585 g/mol. The second-order valence-electron chi connectivity index (χ2n) is 8.64. The van der Waals surface area contributed by atoms with Crippen molar-refractivity contribution in [3.8, 4) is 0 Å². The Morgan fingerprint density at radius 1 is 1.19 bits per heavy atom. The van der Waals surface area contributed by atoms with Gasteiger partial charge in [0, 0.05) is 33.9 Å². The minimum atomic E-state index is -0.617. The predicted molar refractivity (Wildman–Crippen MR) is 146 cm³/mol. The van der Waals surface area contributed by atoms with Gasteiger partial charge >= 0.3 is 6.03 Å². The standard InChI is InChI=1S/C25H20BrClFN7O2/c26-17-9-19(28)21(33-25(36)32-20-4-2-1-3-18(20)27)8-15(17)16-7-13-10-30-24(31-14-11-37-12-14)34-22(13)35-6-5-29-23(16)35/h1-4,7-10,14H,5-6,11-12H2,(H,30,31,34)(H2,32,33,36). The summed E-state index contributed by atoms with van der Waals surface area (Å²) in [5.41, 5.74) is 2.68. The molecule has 2 amide bonds. The number of amides is 2. The van der Waals surface area contributed by atoms with Crippen molar-refractivity contribution in [2.24, 2.45) is 4.99 Å². The molecular weight excluding hydrogens is 565 g/mol. The highest BCUT2D eigenvalue weighted by atomic mass is 79.9. The number of aromatic nitrogens is 2. The highest BCUT2D eigenvalue weighted by Crippen LogP contribution is 2.39. The average Bonchev–Trinajstić information content (AvgIpc) is 3.35. The Bertz CT molecular complexity index is 1480. The number of nitrogens with zero attached hydrogens (tertiary/aromatic N) is 4. The second kappa shape index (κ2) is 9.73. The summed E-state index contributed by atoms with van der Waals surface area (Å²) in [6.45, 7) is 2.52. The van der Waals surface area contributed by atoms with E-state index in [1.54, 1.807) is 36.5 Å². The van der Waals surface area contributed by atoms with Crippen LogP contribution in [-0.2, 0) is 4.74 Å². The molecule has 12 heteroatoms. The van der Waals surface area contributed by atoms with E-state index in [9.17, 15) is 9.18 Å². The molecule has 3 aromatic rings. The van der Waals surface area contributed by atoms with E-state index in [1.165, 1.54) is 6.07 Å². The SMILES string of the molecule is O=C(Nc1cc(C2=Cc3cnc(NC4COC4)nc3N3CCN=C23)c(Br)cc1F)Nc1ccccc1Cl. The molecule has 1 aromatic heterocycles. The highest BCUT2D eigenvalue weighted by molar-refractivity contribution is 9.10. The van der Waals surface area contributed by atoms with Crippen LogP contribution in [-0.4, -0.2) is 54.2 Å². The molecule has 0 aliphatic carbocycles. The van der Waals surface area contributed by atoms with Crippen LogP contribution in [0.1, 0.15) is 11.1 Å². The Labute approximate surface area is 224 Å². The molecular formula is C25H20BrClFN7O2. The van der Waals surface area contributed by atoms with Crippen LogP contribution in [0.5, 0.6) is 0 Å². The maximum absolute atomic E-state index is 14.9. The van der Waals surface area contributed by atoms with Gasteiger partial charge in [-0.2, -0.15) is 4.98 Å². The monoisotopic (exact) mass is 583 g/mol. The summed E-state index contributed by atoms with van der Waals surface area (Å²) in [6, 6.07) is 9.29. The number of amidine groups is 1. The molecule has 0 radical (unpaired) electrons. The molecule has 3 aliphatic heterocycles. The molecule has 0 saturated carbocycles. The van der Waals surface area contributed by atoms with Gasteiger partial charge in [0.25, 0.3) is 0 Å². The number of fused-ring (bicyclic) bond motifs is 3. The van der Waals surface area contributed by atoms with Crippen molar-refractivity contribution >= 4 is 74.2 Å². The molecule has 0 bridgehead atoms. The number of nitrogens with one attached hydrogen (secondary N) is 3. The van der Waals surface area contributed by atoms with Gasteiger partial charge in [-0.3, -0.25) is 4.99 Å². The first-order valence-corrected chi connectivity index (χ1v) is 12.7. The number of anilines is 4. The third-order valence-corrected chi connectivity index (χ3v) is 7.11. The van der Waals surface area contributed by atoms with Crippen LogP contribution in [0.3, 0.4) is 0 Å². The maximum atomic E-state index is 14.9. The van der Waals surface area contributed by atoms with E-state index >= 15 is 0 Å². The van der Waals surface area contributed by atoms with E-state index in [0.717, 1.165) is 22.8 Å². The Morgan fingerprint density at radius 3 is 2.78 bits per heavy atom. The summed E-state index contributed by atoms with van der Waals surface area (Å²) in [6.07, 6.45) is 3.69. The number of carbonyl (C=O) groups excluding carboxylic acids is 1. The van der Waals surface area contributed by atoms with E-state index in [-0.39, 0.29) is 11.7 Å². The molecule has 0 unspecified atom stereocenters. The van der Waals surface area contributed by atoms with Crippen molar-refractivity contribution in [1.82, 2.24) is 9.97 Å². The van der Waals surface area contributed by atoms with Crippen LogP contribution in [0.2, 0.25) is 5.02 Å². The molecule has 1 fully saturated rings. The molecule has 3 aliphatic rings. The number of benzene rings is 2. The molecule has 188 valence electrons. The normalized spacial score (nSPS) is 16.2. The van der Waals surface area contributed by atoms with Crippen molar-refractivity contribution in [2.75, 3.05) is 47.2 Å². The fourth-order valence-corrected chi connectivity index (χ4v) is 4.98. The van der Waals surface area contributed by atoms with Crippen molar-refractivity contribution in [3.63, 3.8) is 0 Å². The lowest BCUT2D eigenvalue weighted by atomic mass is 9.98. The fourth-order valence-electron chi connectivity index (χ4n) is 4.26. The van der Waals surface area contributed by atoms with Gasteiger partial charge in [0.2, 0.25) is 5.95 Å². The van der Waals surface area contributed by atoms with Gasteiger partial charge in [-0.15, -0.1) is 0 Å². The van der Waals surface area contributed by atoms with E-state index in [0.29, 0.717) is 53.0 Å². The van der Waals surface area contributed by atoms with Gasteiger partial charge in [0.1, 0.15) is 17.5 Å². The second-order valence-corrected chi connectivity index (χ2v) is 9.90. The topological polar surface area (TPSA) is 104 Å². The van der Waals surface area contributed by atoms with Gasteiger partial charge in [-0.1, -0.05) is 39.7 Å². The summed E-state index contributed by atoms with van der Waals surface area (Å²) >= 11 is 9.60. The van der Waals surface area contributed by atoms with Gasteiger partial charge in [0.05, 0.1) is 42.2 Å². The van der Waals surface area contributed by atoms with Crippen molar-refractivity contribution in [1.29, 1.82) is 0 Å². The van der Waals surface area contributed by atoms with Gasteiger partial charge in [-0.05, 0) is 30.3 Å². The molecule has 2 aromatic carbocycles. The number of halogens is 3. The van der Waals surface area contributed by atoms with Crippen LogP contribution in [0.15, 0.2) is 52.1 Å². The zero-order valence-electron chi connectivity index (χ0n) is 19.3. The minimum absolute atomic E-state index is 0.0121. The lowest BCUT2D eigenvalue weighted by Gasteiger charge is -2.30. The number of hydrogen-bond donors (Lipinski definition) is 3. The highest BCUT2D eigenvalue weighted by Gasteiger charge is 2.32. The molecule has 1 saturated heterocycles. The van der Waals surface area contributed by atoms with Crippen LogP contribution in [0.25, 0.3) is 11.6 Å². The smallest absolute Gasteiger partial charge is 0.323 e. The Morgan fingerprint density at radius 2 is 2.00 bits per heavy atom. The van der Waals surface area contributed by atoms with Crippen LogP contribution < -0.4 is 20.9 Å². The molecule has 9 nitrogen and oxygen atoms in total. The number of aliphatic imine (C=N–C) groups is 1.